The van der Waals surface area contributed by atoms with Crippen LogP contribution in [0.3, 0.4) is 0 Å². The number of hydroxylamine groups is 2. The first-order valence-corrected chi connectivity index (χ1v) is 11.7. The van der Waals surface area contributed by atoms with Gasteiger partial charge < -0.3 is 30.8 Å². The van der Waals surface area contributed by atoms with Crippen molar-refractivity contribution < 1.29 is 43.1 Å². The van der Waals surface area contributed by atoms with Gasteiger partial charge in [-0.05, 0) is 26.3 Å². The fourth-order valence-corrected chi connectivity index (χ4v) is 3.09. The average molecular weight is 534 g/mol. The zero-order chi connectivity index (χ0) is 28.3. The Kier molecular flexibility index (Phi) is 10.7. The molecule has 14 heteroatoms. The number of hydrogen-bond donors (Lipinski definition) is 4. The molecule has 1 aliphatic rings. The smallest absolute Gasteiger partial charge is 0.408 e. The molecule has 1 saturated heterocycles. The fourth-order valence-electron chi connectivity index (χ4n) is 3.09. The van der Waals surface area contributed by atoms with Crippen molar-refractivity contribution in [2.75, 3.05) is 19.6 Å². The summed E-state index contributed by atoms with van der Waals surface area (Å²) in [7, 11) is 0. The number of alkyl carbamates (subject to hydrolysis) is 1. The molecule has 1 atom stereocenters. The van der Waals surface area contributed by atoms with Crippen LogP contribution in [0.4, 0.5) is 4.79 Å². The minimum Gasteiger partial charge on any atom is -0.444 e. The molecule has 0 bridgehead atoms. The monoisotopic (exact) mass is 533 g/mol. The Bertz CT molecular complexity index is 1050. The van der Waals surface area contributed by atoms with Crippen molar-refractivity contribution in [3.63, 3.8) is 0 Å². The van der Waals surface area contributed by atoms with Gasteiger partial charge in [0, 0.05) is 19.3 Å². The summed E-state index contributed by atoms with van der Waals surface area (Å²) in [6.45, 7) is 3.41. The number of carbonyl (C=O) groups is 7. The lowest BCUT2D eigenvalue weighted by Crippen LogP contribution is -2.52. The molecule has 0 radical (unpaired) electrons. The van der Waals surface area contributed by atoms with E-state index in [1.54, 1.807) is 51.1 Å². The molecule has 4 N–H and O–H groups in total. The van der Waals surface area contributed by atoms with E-state index >= 15 is 0 Å². The Hall–Kier alpha value is -4.49. The Morgan fingerprint density at radius 1 is 0.868 bits per heavy atom. The van der Waals surface area contributed by atoms with E-state index in [0.717, 1.165) is 0 Å². The molecule has 206 valence electrons. The van der Waals surface area contributed by atoms with E-state index in [4.69, 9.17) is 9.57 Å². The first-order chi connectivity index (χ1) is 17.8. The third-order valence-electron chi connectivity index (χ3n) is 4.78. The number of benzene rings is 1. The van der Waals surface area contributed by atoms with Crippen molar-refractivity contribution >= 4 is 41.6 Å². The van der Waals surface area contributed by atoms with Crippen molar-refractivity contribution in [2.45, 2.75) is 51.7 Å². The summed E-state index contributed by atoms with van der Waals surface area (Å²) < 4.78 is 5.01. The van der Waals surface area contributed by atoms with Crippen molar-refractivity contribution in [1.82, 2.24) is 26.3 Å². The van der Waals surface area contributed by atoms with E-state index in [1.807, 2.05) is 0 Å². The van der Waals surface area contributed by atoms with E-state index in [0.29, 0.717) is 10.6 Å². The molecular formula is C24H31N5O9. The maximum Gasteiger partial charge on any atom is 0.408 e. The van der Waals surface area contributed by atoms with E-state index < -0.39 is 72.9 Å². The normalized spacial score (nSPS) is 13.8. The molecule has 0 unspecified atom stereocenters. The van der Waals surface area contributed by atoms with Gasteiger partial charge in [0.2, 0.25) is 17.7 Å². The summed E-state index contributed by atoms with van der Waals surface area (Å²) in [5, 5.41) is 9.71. The lowest BCUT2D eigenvalue weighted by atomic mass is 10.1. The molecule has 38 heavy (non-hydrogen) atoms. The van der Waals surface area contributed by atoms with Crippen LogP contribution in [0.1, 0.15) is 39.2 Å². The van der Waals surface area contributed by atoms with Gasteiger partial charge in [-0.25, -0.2) is 9.59 Å². The average Bonchev–Trinajstić information content (AvgIpc) is 3.16. The van der Waals surface area contributed by atoms with Gasteiger partial charge in [0.25, 0.3) is 11.8 Å². The number of carbonyl (C=O) groups excluding carboxylic acids is 7. The molecule has 6 amide bonds. The largest absolute Gasteiger partial charge is 0.444 e. The molecular weight excluding hydrogens is 502 g/mol. The van der Waals surface area contributed by atoms with E-state index in [-0.39, 0.29) is 19.3 Å². The Balaban J connectivity index is 1.87. The Morgan fingerprint density at radius 2 is 1.47 bits per heavy atom. The minimum atomic E-state index is -1.13. The van der Waals surface area contributed by atoms with Crippen LogP contribution in [0.25, 0.3) is 0 Å². The molecule has 2 rings (SSSR count). The zero-order valence-electron chi connectivity index (χ0n) is 21.3. The molecule has 1 aromatic rings. The standard InChI is InChI=1S/C24H31N5O9/c1-24(2,3)37-23(36)27-12-17(30)25-13-18(31)28-16(11-15-7-5-4-6-8-15)22(35)26-14-21(34)38-29-19(32)9-10-20(29)33/h4-8,16H,9-14H2,1-3H3,(H,25,30)(H,26,35)(H,27,36)(H,28,31)/t16-/m0/s1. The molecule has 1 aliphatic heterocycles. The molecule has 1 aromatic carbocycles. The first kappa shape index (κ1) is 29.7. The number of imide groups is 1. The van der Waals surface area contributed by atoms with Gasteiger partial charge in [-0.2, -0.15) is 0 Å². The highest BCUT2D eigenvalue weighted by Gasteiger charge is 2.33. The highest BCUT2D eigenvalue weighted by molar-refractivity contribution is 6.01. The van der Waals surface area contributed by atoms with E-state index in [2.05, 4.69) is 21.3 Å². The maximum atomic E-state index is 12.8. The Morgan fingerprint density at radius 3 is 2.08 bits per heavy atom. The van der Waals surface area contributed by atoms with Gasteiger partial charge in [0.15, 0.2) is 0 Å². The second-order valence-electron chi connectivity index (χ2n) is 9.20. The SMILES string of the molecule is CC(C)(C)OC(=O)NCC(=O)NCC(=O)N[C@@H](Cc1ccccc1)C(=O)NCC(=O)ON1C(=O)CCC1=O. The summed E-state index contributed by atoms with van der Waals surface area (Å²) in [4.78, 5) is 88.6. The summed E-state index contributed by atoms with van der Waals surface area (Å²) in [6, 6.07) is 7.58. The first-order valence-electron chi connectivity index (χ1n) is 11.7. The van der Waals surface area contributed by atoms with Crippen LogP contribution >= 0.6 is 0 Å². The van der Waals surface area contributed by atoms with Crippen molar-refractivity contribution in [2.24, 2.45) is 0 Å². The molecule has 0 spiro atoms. The van der Waals surface area contributed by atoms with Crippen LogP contribution in [-0.4, -0.2) is 77.9 Å². The van der Waals surface area contributed by atoms with Gasteiger partial charge in [0.1, 0.15) is 24.7 Å². The van der Waals surface area contributed by atoms with Crippen LogP contribution in [0, 0.1) is 0 Å². The van der Waals surface area contributed by atoms with Gasteiger partial charge in [-0.1, -0.05) is 30.3 Å². The predicted molar refractivity (Wildman–Crippen MR) is 130 cm³/mol. The number of nitrogens with zero attached hydrogens (tertiary/aromatic N) is 1. The number of hydrogen-bond acceptors (Lipinski definition) is 9. The summed E-state index contributed by atoms with van der Waals surface area (Å²) in [5.41, 5.74) is -0.0384. The molecule has 1 fully saturated rings. The highest BCUT2D eigenvalue weighted by Crippen LogP contribution is 2.12. The van der Waals surface area contributed by atoms with Crippen molar-refractivity contribution in [3.05, 3.63) is 35.9 Å². The number of amides is 6. The molecule has 14 nitrogen and oxygen atoms in total. The molecule has 0 saturated carbocycles. The van der Waals surface area contributed by atoms with Crippen LogP contribution < -0.4 is 21.3 Å². The lowest BCUT2D eigenvalue weighted by molar-refractivity contribution is -0.196. The Labute approximate surface area is 218 Å². The number of nitrogens with one attached hydrogen (secondary N) is 4. The fraction of sp³-hybridized carbons (Fsp3) is 0.458. The van der Waals surface area contributed by atoms with Crippen molar-refractivity contribution in [3.8, 4) is 0 Å². The van der Waals surface area contributed by atoms with E-state index in [9.17, 15) is 33.6 Å². The highest BCUT2D eigenvalue weighted by atomic mass is 16.7. The van der Waals surface area contributed by atoms with Gasteiger partial charge in [-0.3, -0.25) is 24.0 Å². The van der Waals surface area contributed by atoms with Crippen LogP contribution in [0.2, 0.25) is 0 Å². The molecule has 0 aliphatic carbocycles. The van der Waals surface area contributed by atoms with E-state index in [1.165, 1.54) is 0 Å². The molecule has 1 heterocycles. The number of rotatable bonds is 11. The van der Waals surface area contributed by atoms with Crippen LogP contribution in [0.5, 0.6) is 0 Å². The summed E-state index contributed by atoms with van der Waals surface area (Å²) in [6.07, 6.45) is -0.882. The topological polar surface area (TPSA) is 189 Å². The van der Waals surface area contributed by atoms with Gasteiger partial charge in [0.05, 0.1) is 6.54 Å². The lowest BCUT2D eigenvalue weighted by Gasteiger charge is -2.20. The number of ether oxygens (including phenoxy) is 1. The van der Waals surface area contributed by atoms with Crippen molar-refractivity contribution in [1.29, 1.82) is 0 Å². The van der Waals surface area contributed by atoms with Crippen LogP contribution in [-0.2, 0) is 44.8 Å². The second-order valence-corrected chi connectivity index (χ2v) is 9.20. The maximum absolute atomic E-state index is 12.8. The zero-order valence-corrected chi connectivity index (χ0v) is 21.3. The van der Waals surface area contributed by atoms with Gasteiger partial charge in [-0.15, -0.1) is 5.06 Å². The third kappa shape index (κ3) is 10.6. The summed E-state index contributed by atoms with van der Waals surface area (Å²) >= 11 is 0. The third-order valence-corrected chi connectivity index (χ3v) is 4.78. The quantitative estimate of drug-likeness (QED) is 0.261. The predicted octanol–water partition coefficient (Wildman–Crippen LogP) is -0.922. The second kappa shape index (κ2) is 13.7. The summed E-state index contributed by atoms with van der Waals surface area (Å²) in [5.74, 6) is -4.47. The van der Waals surface area contributed by atoms with Crippen LogP contribution in [0.15, 0.2) is 30.3 Å². The molecule has 0 aromatic heterocycles. The minimum absolute atomic E-state index is 0.0602. The van der Waals surface area contributed by atoms with Gasteiger partial charge >= 0.3 is 12.1 Å².